The Morgan fingerprint density at radius 2 is 1.73 bits per heavy atom. The second-order valence-electron chi connectivity index (χ2n) is 7.79. The first kappa shape index (κ1) is 20.4. The summed E-state index contributed by atoms with van der Waals surface area (Å²) in [4.78, 5) is 16.9. The topological polar surface area (TPSA) is 32.8 Å². The Morgan fingerprint density at radius 3 is 2.50 bits per heavy atom. The van der Waals surface area contributed by atoms with E-state index in [-0.39, 0.29) is 11.7 Å². The molecule has 4 rings (SSSR count). The van der Waals surface area contributed by atoms with Crippen molar-refractivity contribution < 1.29 is 13.9 Å². The Labute approximate surface area is 176 Å². The number of methoxy groups -OCH3 is 1. The van der Waals surface area contributed by atoms with Gasteiger partial charge >= 0.3 is 0 Å². The Hall–Kier alpha value is -2.92. The standard InChI is InChI=1S/C25H27FN2O2/c1-30-24-10-9-23(26)17-22(24)18-27-12-14-28(15-13-27)25(29)11-7-19-6-8-20-4-2-3-5-21(20)16-19/h2-6,8-10,16-17H,7,11-15,18H2,1H3. The van der Waals surface area contributed by atoms with Gasteiger partial charge in [-0.05, 0) is 41.0 Å². The molecular formula is C25H27FN2O2. The number of piperazine rings is 1. The zero-order chi connectivity index (χ0) is 20.9. The van der Waals surface area contributed by atoms with Crippen LogP contribution in [0.25, 0.3) is 10.8 Å². The molecule has 0 bridgehead atoms. The van der Waals surface area contributed by atoms with Crippen molar-refractivity contribution in [1.82, 2.24) is 9.80 Å². The van der Waals surface area contributed by atoms with Crippen LogP contribution in [-0.4, -0.2) is 49.0 Å². The minimum atomic E-state index is -0.256. The van der Waals surface area contributed by atoms with E-state index in [4.69, 9.17) is 4.74 Å². The number of aryl methyl sites for hydroxylation is 1. The molecule has 0 unspecified atom stereocenters. The molecule has 1 heterocycles. The number of hydrogen-bond acceptors (Lipinski definition) is 3. The molecule has 3 aromatic carbocycles. The number of fused-ring (bicyclic) bond motifs is 1. The average Bonchev–Trinajstić information content (AvgIpc) is 2.78. The third kappa shape index (κ3) is 4.79. The lowest BCUT2D eigenvalue weighted by atomic mass is 10.0. The maximum atomic E-state index is 13.6. The number of ether oxygens (including phenoxy) is 1. The normalized spacial score (nSPS) is 14.8. The zero-order valence-corrected chi connectivity index (χ0v) is 17.3. The summed E-state index contributed by atoms with van der Waals surface area (Å²) in [6, 6.07) is 19.3. The molecule has 0 saturated carbocycles. The number of carbonyl (C=O) groups is 1. The fraction of sp³-hybridized carbons (Fsp3) is 0.320. The molecule has 1 saturated heterocycles. The molecule has 1 fully saturated rings. The van der Waals surface area contributed by atoms with Crippen LogP contribution < -0.4 is 4.74 Å². The monoisotopic (exact) mass is 406 g/mol. The van der Waals surface area contributed by atoms with Crippen LogP contribution >= 0.6 is 0 Å². The van der Waals surface area contributed by atoms with E-state index in [2.05, 4.69) is 35.2 Å². The maximum absolute atomic E-state index is 13.6. The van der Waals surface area contributed by atoms with Crippen molar-refractivity contribution in [3.05, 3.63) is 77.6 Å². The number of rotatable bonds is 6. The van der Waals surface area contributed by atoms with Gasteiger partial charge in [-0.1, -0.05) is 42.5 Å². The third-order valence-electron chi connectivity index (χ3n) is 5.80. The van der Waals surface area contributed by atoms with E-state index < -0.39 is 0 Å². The summed E-state index contributed by atoms with van der Waals surface area (Å²) in [7, 11) is 1.60. The Kier molecular flexibility index (Phi) is 6.29. The molecule has 1 aliphatic rings. The summed E-state index contributed by atoms with van der Waals surface area (Å²) in [5.74, 6) is 0.643. The number of halogens is 1. The fourth-order valence-corrected chi connectivity index (χ4v) is 4.07. The van der Waals surface area contributed by atoms with Gasteiger partial charge in [-0.15, -0.1) is 0 Å². The molecule has 0 atom stereocenters. The number of benzene rings is 3. The van der Waals surface area contributed by atoms with Crippen LogP contribution in [0.15, 0.2) is 60.7 Å². The smallest absolute Gasteiger partial charge is 0.222 e. The fourth-order valence-electron chi connectivity index (χ4n) is 4.07. The molecule has 4 nitrogen and oxygen atoms in total. The number of carbonyl (C=O) groups excluding carboxylic acids is 1. The summed E-state index contributed by atoms with van der Waals surface area (Å²) < 4.78 is 18.9. The molecule has 1 amide bonds. The predicted octanol–water partition coefficient (Wildman–Crippen LogP) is 4.26. The Bertz CT molecular complexity index is 1030. The number of amides is 1. The molecule has 3 aromatic rings. The molecule has 0 aromatic heterocycles. The summed E-state index contributed by atoms with van der Waals surface area (Å²) in [5, 5.41) is 2.43. The quantitative estimate of drug-likeness (QED) is 0.613. The van der Waals surface area contributed by atoms with Gasteiger partial charge in [-0.2, -0.15) is 0 Å². The SMILES string of the molecule is COc1ccc(F)cc1CN1CCN(C(=O)CCc2ccc3ccccc3c2)CC1. The van der Waals surface area contributed by atoms with E-state index in [9.17, 15) is 9.18 Å². The molecule has 0 radical (unpaired) electrons. The highest BCUT2D eigenvalue weighted by Gasteiger charge is 2.21. The van der Waals surface area contributed by atoms with Crippen LogP contribution in [0.5, 0.6) is 5.75 Å². The van der Waals surface area contributed by atoms with E-state index in [0.29, 0.717) is 31.8 Å². The van der Waals surface area contributed by atoms with Gasteiger partial charge in [0.2, 0.25) is 5.91 Å². The molecule has 0 aliphatic carbocycles. The van der Waals surface area contributed by atoms with Crippen LogP contribution in [0, 0.1) is 5.82 Å². The summed E-state index contributed by atoms with van der Waals surface area (Å²) >= 11 is 0. The predicted molar refractivity (Wildman–Crippen MR) is 117 cm³/mol. The van der Waals surface area contributed by atoms with E-state index in [1.807, 2.05) is 17.0 Å². The highest BCUT2D eigenvalue weighted by atomic mass is 19.1. The van der Waals surface area contributed by atoms with E-state index in [1.54, 1.807) is 13.2 Å². The minimum absolute atomic E-state index is 0.200. The molecule has 5 heteroatoms. The summed E-state index contributed by atoms with van der Waals surface area (Å²) in [6.07, 6.45) is 1.28. The van der Waals surface area contributed by atoms with Gasteiger partial charge in [0.15, 0.2) is 0 Å². The third-order valence-corrected chi connectivity index (χ3v) is 5.80. The largest absolute Gasteiger partial charge is 0.496 e. The van der Waals surface area contributed by atoms with Crippen molar-refractivity contribution in [2.45, 2.75) is 19.4 Å². The first-order chi connectivity index (χ1) is 14.6. The van der Waals surface area contributed by atoms with Crippen molar-refractivity contribution in [2.24, 2.45) is 0 Å². The van der Waals surface area contributed by atoms with Gasteiger partial charge < -0.3 is 9.64 Å². The van der Waals surface area contributed by atoms with Crippen LogP contribution in [0.1, 0.15) is 17.5 Å². The lowest BCUT2D eigenvalue weighted by Gasteiger charge is -2.35. The molecular weight excluding hydrogens is 379 g/mol. The molecule has 0 spiro atoms. The second kappa shape index (κ2) is 9.26. The van der Waals surface area contributed by atoms with Crippen LogP contribution in [0.4, 0.5) is 4.39 Å². The number of nitrogens with zero attached hydrogens (tertiary/aromatic N) is 2. The zero-order valence-electron chi connectivity index (χ0n) is 17.3. The maximum Gasteiger partial charge on any atom is 0.222 e. The van der Waals surface area contributed by atoms with Crippen LogP contribution in [-0.2, 0) is 17.8 Å². The van der Waals surface area contributed by atoms with Gasteiger partial charge in [-0.3, -0.25) is 9.69 Å². The minimum Gasteiger partial charge on any atom is -0.496 e. The van der Waals surface area contributed by atoms with Gasteiger partial charge in [0.05, 0.1) is 7.11 Å². The van der Waals surface area contributed by atoms with E-state index >= 15 is 0 Å². The summed E-state index contributed by atoms with van der Waals surface area (Å²) in [5.41, 5.74) is 2.03. The van der Waals surface area contributed by atoms with Crippen molar-refractivity contribution >= 4 is 16.7 Å². The average molecular weight is 407 g/mol. The van der Waals surface area contributed by atoms with Crippen LogP contribution in [0.3, 0.4) is 0 Å². The highest BCUT2D eigenvalue weighted by molar-refractivity contribution is 5.83. The van der Waals surface area contributed by atoms with Gasteiger partial charge in [0, 0.05) is 44.7 Å². The highest BCUT2D eigenvalue weighted by Crippen LogP contribution is 2.22. The summed E-state index contributed by atoms with van der Waals surface area (Å²) in [6.45, 7) is 3.59. The first-order valence-corrected chi connectivity index (χ1v) is 10.4. The van der Waals surface area contributed by atoms with Gasteiger partial charge in [0.25, 0.3) is 0 Å². The van der Waals surface area contributed by atoms with Crippen molar-refractivity contribution in [1.29, 1.82) is 0 Å². The van der Waals surface area contributed by atoms with E-state index in [1.165, 1.54) is 28.5 Å². The van der Waals surface area contributed by atoms with Crippen molar-refractivity contribution in [3.63, 3.8) is 0 Å². The Balaban J connectivity index is 1.28. The van der Waals surface area contributed by atoms with Crippen molar-refractivity contribution in [2.75, 3.05) is 33.3 Å². The van der Waals surface area contributed by atoms with Gasteiger partial charge in [0.1, 0.15) is 11.6 Å². The van der Waals surface area contributed by atoms with Gasteiger partial charge in [-0.25, -0.2) is 4.39 Å². The Morgan fingerprint density at radius 1 is 0.967 bits per heavy atom. The molecule has 0 N–H and O–H groups in total. The lowest BCUT2D eigenvalue weighted by Crippen LogP contribution is -2.48. The first-order valence-electron chi connectivity index (χ1n) is 10.4. The second-order valence-corrected chi connectivity index (χ2v) is 7.79. The van der Waals surface area contributed by atoms with E-state index in [0.717, 1.165) is 25.1 Å². The van der Waals surface area contributed by atoms with Crippen molar-refractivity contribution in [3.8, 4) is 5.75 Å². The van der Waals surface area contributed by atoms with Crippen LogP contribution in [0.2, 0.25) is 0 Å². The molecule has 1 aliphatic heterocycles. The lowest BCUT2D eigenvalue weighted by molar-refractivity contribution is -0.133. The molecule has 30 heavy (non-hydrogen) atoms. The number of hydrogen-bond donors (Lipinski definition) is 0. The molecule has 156 valence electrons.